The third kappa shape index (κ3) is 19.1. The Morgan fingerprint density at radius 2 is 0.903 bits per heavy atom. The van der Waals surface area contributed by atoms with Crippen LogP contribution in [0, 0.1) is 44.0 Å². The second-order valence-corrected chi connectivity index (χ2v) is 5.49. The predicted molar refractivity (Wildman–Crippen MR) is 127 cm³/mol. The summed E-state index contributed by atoms with van der Waals surface area (Å²) < 4.78 is 48.7. The van der Waals surface area contributed by atoms with Crippen molar-refractivity contribution in [3.63, 3.8) is 0 Å². The molecule has 3 rings (SSSR count). The Morgan fingerprint density at radius 1 is 0.452 bits per heavy atom. The minimum Gasteiger partial charge on any atom is -0.207 e. The fourth-order valence-corrected chi connectivity index (χ4v) is 1.71. The van der Waals surface area contributed by atoms with Crippen LogP contribution in [0.25, 0.3) is 0 Å². The summed E-state index contributed by atoms with van der Waals surface area (Å²) >= 11 is 0. The molecule has 0 aliphatic heterocycles. The Labute approximate surface area is 187 Å². The maximum absolute atomic E-state index is 12.3. The van der Waals surface area contributed by atoms with Crippen molar-refractivity contribution in [1.82, 2.24) is 0 Å². The molecular weight excluding hydrogens is 400 g/mol. The topological polar surface area (TPSA) is 0 Å². The quantitative estimate of drug-likeness (QED) is 0.306. The molecule has 0 unspecified atom stereocenters. The first-order valence-electron chi connectivity index (χ1n) is 10.6. The van der Waals surface area contributed by atoms with E-state index in [-0.39, 0.29) is 11.6 Å². The Hall–Kier alpha value is -2.62. The molecule has 174 valence electrons. The third-order valence-electron chi connectivity index (χ3n) is 3.12. The summed E-state index contributed by atoms with van der Waals surface area (Å²) in [6, 6.07) is 16.4. The van der Waals surface area contributed by atoms with E-state index in [2.05, 4.69) is 0 Å². The summed E-state index contributed by atoms with van der Waals surface area (Å²) in [5.74, 6) is -1.35. The molecule has 0 atom stereocenters. The van der Waals surface area contributed by atoms with E-state index in [1.807, 2.05) is 61.5 Å². The maximum Gasteiger partial charge on any atom is 0.129 e. The van der Waals surface area contributed by atoms with Crippen LogP contribution in [0.1, 0.15) is 58.2 Å². The molecule has 0 amide bonds. The molecule has 0 nitrogen and oxygen atoms in total. The van der Waals surface area contributed by atoms with Gasteiger partial charge < -0.3 is 0 Å². The number of hydrogen-bond acceptors (Lipinski definition) is 0. The van der Waals surface area contributed by atoms with Crippen molar-refractivity contribution in [1.29, 1.82) is 0 Å². The van der Waals surface area contributed by atoms with Gasteiger partial charge in [-0.2, -0.15) is 0 Å². The molecule has 3 aromatic rings. The first-order valence-corrected chi connectivity index (χ1v) is 10.6. The number of rotatable bonds is 0. The predicted octanol–water partition coefficient (Wildman–Crippen LogP) is 9.62. The van der Waals surface area contributed by atoms with Gasteiger partial charge >= 0.3 is 0 Å². The van der Waals surface area contributed by atoms with Gasteiger partial charge in [0.25, 0.3) is 0 Å². The zero-order valence-electron chi connectivity index (χ0n) is 20.4. The van der Waals surface area contributed by atoms with Crippen molar-refractivity contribution in [2.45, 2.75) is 62.3 Å². The number of halogens is 4. The van der Waals surface area contributed by atoms with Crippen LogP contribution in [0.5, 0.6) is 0 Å². The molecular formula is C27H38F4. The van der Waals surface area contributed by atoms with Gasteiger partial charge in [0.15, 0.2) is 0 Å². The Bertz CT molecular complexity index is 743. The molecule has 0 aliphatic rings. The molecule has 0 bridgehead atoms. The van der Waals surface area contributed by atoms with Crippen LogP contribution >= 0.6 is 0 Å². The van der Waals surface area contributed by atoms with Gasteiger partial charge in [-0.05, 0) is 62.2 Å². The van der Waals surface area contributed by atoms with Crippen molar-refractivity contribution in [3.8, 4) is 0 Å². The van der Waals surface area contributed by atoms with Crippen molar-refractivity contribution in [2.24, 2.45) is 0 Å². The fraction of sp³-hybridized carbons (Fsp3) is 0.333. The van der Waals surface area contributed by atoms with Crippen molar-refractivity contribution in [3.05, 3.63) is 107 Å². The second kappa shape index (κ2) is 22.1. The van der Waals surface area contributed by atoms with Crippen LogP contribution in [0.2, 0.25) is 0 Å². The molecule has 0 saturated heterocycles. The molecule has 31 heavy (non-hydrogen) atoms. The normalized spacial score (nSPS) is 8.16. The van der Waals surface area contributed by atoms with E-state index in [0.717, 1.165) is 17.2 Å². The molecule has 0 N–H and O–H groups in total. The molecule has 0 radical (unpaired) electrons. The lowest BCUT2D eigenvalue weighted by molar-refractivity contribution is 0.577. The van der Waals surface area contributed by atoms with E-state index in [9.17, 15) is 17.6 Å². The lowest BCUT2D eigenvalue weighted by Crippen LogP contribution is -1.81. The Kier molecular flexibility index (Phi) is 23.5. The van der Waals surface area contributed by atoms with Gasteiger partial charge in [0.05, 0.1) is 0 Å². The molecule has 0 saturated carbocycles. The molecule has 0 fully saturated rings. The highest BCUT2D eigenvalue weighted by atomic mass is 19.1. The smallest absolute Gasteiger partial charge is 0.129 e. The average molecular weight is 439 g/mol. The third-order valence-corrected chi connectivity index (χ3v) is 3.12. The first-order chi connectivity index (χ1) is 14.8. The minimum atomic E-state index is -0.530. The second-order valence-electron chi connectivity index (χ2n) is 5.49. The largest absolute Gasteiger partial charge is 0.207 e. The summed E-state index contributed by atoms with van der Waals surface area (Å²) in [5.41, 5.74) is 2.52. The zero-order chi connectivity index (χ0) is 24.8. The molecule has 0 aliphatic carbocycles. The zero-order valence-corrected chi connectivity index (χ0v) is 20.4. The van der Waals surface area contributed by atoms with Crippen LogP contribution in [-0.2, 0) is 0 Å². The van der Waals surface area contributed by atoms with Crippen molar-refractivity contribution in [2.75, 3.05) is 0 Å². The molecule has 3 aromatic carbocycles. The molecule has 4 heteroatoms. The van der Waals surface area contributed by atoms with E-state index in [0.29, 0.717) is 5.56 Å². The highest BCUT2D eigenvalue weighted by Gasteiger charge is 1.95. The van der Waals surface area contributed by atoms with Crippen molar-refractivity contribution < 1.29 is 17.6 Å². The lowest BCUT2D eigenvalue weighted by atomic mass is 10.2. The fourth-order valence-electron chi connectivity index (χ4n) is 1.71. The standard InChI is InChI=1S/C7H6F2.2C7H7F.3C2H6/c1-5-2-3-6(8)4-7(5)9;1-6-2-4-7(8)5-3-6;1-6-3-2-4-7(8)5-6;3*1-2/h2-4H,1H3;2*2-5H,1H3;3*1-2H3. The highest BCUT2D eigenvalue weighted by molar-refractivity contribution is 5.16. The maximum atomic E-state index is 12.3. The van der Waals surface area contributed by atoms with Gasteiger partial charge in [0.2, 0.25) is 0 Å². The summed E-state index contributed by atoms with van der Waals surface area (Å²) in [6.45, 7) is 17.4. The van der Waals surface area contributed by atoms with Gasteiger partial charge in [-0.1, -0.05) is 77.4 Å². The van der Waals surface area contributed by atoms with Gasteiger partial charge in [-0.3, -0.25) is 0 Å². The number of benzene rings is 3. The SMILES string of the molecule is CC.CC.CC.Cc1ccc(F)cc1.Cc1ccc(F)cc1F.Cc1cccc(F)c1. The molecule has 0 heterocycles. The Balaban J connectivity index is -0.000000338. The summed E-state index contributed by atoms with van der Waals surface area (Å²) in [6.07, 6.45) is 0. The van der Waals surface area contributed by atoms with Gasteiger partial charge in [0.1, 0.15) is 23.3 Å². The van der Waals surface area contributed by atoms with Crippen LogP contribution in [0.4, 0.5) is 17.6 Å². The van der Waals surface area contributed by atoms with Crippen LogP contribution in [0.15, 0.2) is 66.7 Å². The molecule has 0 spiro atoms. The number of hydrogen-bond donors (Lipinski definition) is 0. The highest BCUT2D eigenvalue weighted by Crippen LogP contribution is 2.06. The van der Waals surface area contributed by atoms with E-state index >= 15 is 0 Å². The van der Waals surface area contributed by atoms with E-state index in [1.54, 1.807) is 25.1 Å². The monoisotopic (exact) mass is 438 g/mol. The average Bonchev–Trinajstić information content (AvgIpc) is 2.78. The van der Waals surface area contributed by atoms with Gasteiger partial charge in [-0.25, -0.2) is 17.6 Å². The van der Waals surface area contributed by atoms with Crippen LogP contribution in [0.3, 0.4) is 0 Å². The summed E-state index contributed by atoms with van der Waals surface area (Å²) in [7, 11) is 0. The van der Waals surface area contributed by atoms with Crippen LogP contribution in [-0.4, -0.2) is 0 Å². The summed E-state index contributed by atoms with van der Waals surface area (Å²) in [5, 5.41) is 0. The van der Waals surface area contributed by atoms with E-state index in [1.165, 1.54) is 36.4 Å². The Morgan fingerprint density at radius 3 is 1.23 bits per heavy atom. The van der Waals surface area contributed by atoms with Crippen molar-refractivity contribution >= 4 is 0 Å². The number of aryl methyl sites for hydroxylation is 3. The molecule has 0 aromatic heterocycles. The van der Waals surface area contributed by atoms with Gasteiger partial charge in [0, 0.05) is 6.07 Å². The van der Waals surface area contributed by atoms with E-state index in [4.69, 9.17) is 0 Å². The minimum absolute atomic E-state index is 0.162. The first kappa shape index (κ1) is 33.0. The van der Waals surface area contributed by atoms with E-state index < -0.39 is 11.6 Å². The van der Waals surface area contributed by atoms with Crippen LogP contribution < -0.4 is 0 Å². The summed E-state index contributed by atoms with van der Waals surface area (Å²) in [4.78, 5) is 0. The lowest BCUT2D eigenvalue weighted by Gasteiger charge is -1.92. The van der Waals surface area contributed by atoms with Gasteiger partial charge in [-0.15, -0.1) is 0 Å².